The maximum atomic E-state index is 11.8. The molecule has 3 unspecified atom stereocenters. The average molecular weight is 562 g/mol. The van der Waals surface area contributed by atoms with Crippen molar-refractivity contribution in [1.82, 2.24) is 4.90 Å². The number of hydrogen-bond acceptors (Lipinski definition) is 6. The van der Waals surface area contributed by atoms with Crippen molar-refractivity contribution in [3.63, 3.8) is 0 Å². The van der Waals surface area contributed by atoms with Crippen molar-refractivity contribution >= 4 is 17.6 Å². The summed E-state index contributed by atoms with van der Waals surface area (Å²) in [4.78, 5) is 24.7. The summed E-state index contributed by atoms with van der Waals surface area (Å²) in [6.45, 7) is 8.71. The molecule has 0 spiro atoms. The highest BCUT2D eigenvalue weighted by Crippen LogP contribution is 2.42. The van der Waals surface area contributed by atoms with E-state index < -0.39 is 5.97 Å². The molecule has 1 amide bonds. The molecule has 3 aliphatic rings. The van der Waals surface area contributed by atoms with E-state index in [0.29, 0.717) is 37.8 Å². The number of allylic oxidation sites excluding steroid dienone is 4. The fourth-order valence-corrected chi connectivity index (χ4v) is 6.11. The van der Waals surface area contributed by atoms with Crippen LogP contribution in [0.3, 0.4) is 0 Å². The third-order valence-corrected chi connectivity index (χ3v) is 8.54. The van der Waals surface area contributed by atoms with Crippen LogP contribution in [0.2, 0.25) is 0 Å². The Morgan fingerprint density at radius 1 is 1.07 bits per heavy atom. The number of benzene rings is 2. The van der Waals surface area contributed by atoms with E-state index in [4.69, 9.17) is 24.1 Å². The van der Waals surface area contributed by atoms with Crippen molar-refractivity contribution < 1.29 is 33.6 Å². The first-order valence-electron chi connectivity index (χ1n) is 14.4. The molecule has 1 fully saturated rings. The van der Waals surface area contributed by atoms with Crippen molar-refractivity contribution in [2.75, 3.05) is 26.8 Å². The Bertz CT molecular complexity index is 1360. The van der Waals surface area contributed by atoms with Gasteiger partial charge in [0.2, 0.25) is 0 Å². The number of carboxylic acid groups (broad SMARTS) is 1. The van der Waals surface area contributed by atoms with Crippen LogP contribution < -0.4 is 9.47 Å². The molecule has 1 N–H and O–H groups in total. The van der Waals surface area contributed by atoms with Crippen molar-refractivity contribution in [3.8, 4) is 11.5 Å². The minimum absolute atomic E-state index is 0.0610. The van der Waals surface area contributed by atoms with E-state index in [1.54, 1.807) is 4.90 Å². The molecule has 0 radical (unpaired) electrons. The number of rotatable bonds is 8. The highest BCUT2D eigenvalue weighted by molar-refractivity contribution is 5.74. The highest BCUT2D eigenvalue weighted by atomic mass is 16.5. The van der Waals surface area contributed by atoms with Gasteiger partial charge in [-0.15, -0.1) is 0 Å². The first-order valence-corrected chi connectivity index (χ1v) is 14.4. The second kappa shape index (κ2) is 12.3. The number of aliphatic carboxylic acids is 1. The number of carboxylic acids is 1. The number of fused-ring (bicyclic) bond motifs is 1. The van der Waals surface area contributed by atoms with Gasteiger partial charge in [-0.1, -0.05) is 38.1 Å². The van der Waals surface area contributed by atoms with Gasteiger partial charge in [0.05, 0.1) is 20.1 Å². The van der Waals surface area contributed by atoms with E-state index in [-0.39, 0.29) is 36.4 Å². The van der Waals surface area contributed by atoms with Crippen molar-refractivity contribution in [2.45, 2.75) is 58.7 Å². The van der Waals surface area contributed by atoms with Crippen LogP contribution in [-0.4, -0.2) is 55.0 Å². The number of likely N-dealkylation sites (tertiary alicyclic amines) is 1. The number of piperidine rings is 1. The first kappa shape index (κ1) is 28.6. The molecular weight excluding hydrogens is 522 g/mol. The topological polar surface area (TPSA) is 94.5 Å². The Balaban J connectivity index is 1.24. The van der Waals surface area contributed by atoms with Crippen LogP contribution in [0, 0.1) is 11.8 Å². The first-order chi connectivity index (χ1) is 19.7. The largest absolute Gasteiger partial charge is 0.494 e. The van der Waals surface area contributed by atoms with E-state index in [2.05, 4.69) is 51.1 Å². The number of amides is 1. The maximum Gasteiger partial charge on any atom is 0.409 e. The lowest BCUT2D eigenvalue weighted by Gasteiger charge is -2.36. The van der Waals surface area contributed by atoms with Crippen LogP contribution in [-0.2, 0) is 20.9 Å². The predicted molar refractivity (Wildman–Crippen MR) is 155 cm³/mol. The van der Waals surface area contributed by atoms with Crippen LogP contribution in [0.25, 0.3) is 5.57 Å². The smallest absolute Gasteiger partial charge is 0.409 e. The molecule has 41 heavy (non-hydrogen) atoms. The number of nitrogens with zero attached hydrogens (tertiary/aromatic N) is 1. The predicted octanol–water partition coefficient (Wildman–Crippen LogP) is 6.41. The molecule has 2 aromatic carbocycles. The van der Waals surface area contributed by atoms with Gasteiger partial charge in [0.1, 0.15) is 30.0 Å². The monoisotopic (exact) mass is 561 g/mol. The van der Waals surface area contributed by atoms with Crippen LogP contribution in [0.1, 0.15) is 62.6 Å². The van der Waals surface area contributed by atoms with Gasteiger partial charge in [-0.3, -0.25) is 4.79 Å². The lowest BCUT2D eigenvalue weighted by Crippen LogP contribution is -2.41. The number of methoxy groups -OCH3 is 1. The van der Waals surface area contributed by atoms with E-state index in [1.807, 2.05) is 18.2 Å². The molecule has 0 aromatic heterocycles. The number of carbonyl (C=O) groups is 2. The van der Waals surface area contributed by atoms with E-state index in [1.165, 1.54) is 23.8 Å². The molecule has 3 atom stereocenters. The van der Waals surface area contributed by atoms with Gasteiger partial charge in [0.15, 0.2) is 0 Å². The Morgan fingerprint density at radius 3 is 2.59 bits per heavy atom. The molecule has 218 valence electrons. The second-order valence-corrected chi connectivity index (χ2v) is 11.3. The number of carbonyl (C=O) groups excluding carboxylic acids is 1. The molecule has 5 rings (SSSR count). The van der Waals surface area contributed by atoms with E-state index in [9.17, 15) is 9.59 Å². The zero-order valence-electron chi connectivity index (χ0n) is 24.2. The molecule has 1 aliphatic carbocycles. The highest BCUT2D eigenvalue weighted by Gasteiger charge is 2.31. The summed E-state index contributed by atoms with van der Waals surface area (Å²) < 4.78 is 23.2. The van der Waals surface area contributed by atoms with Gasteiger partial charge in [0.25, 0.3) is 0 Å². The molecular formula is C33H39NO7. The van der Waals surface area contributed by atoms with Crippen LogP contribution in [0.5, 0.6) is 11.5 Å². The zero-order valence-corrected chi connectivity index (χ0v) is 24.2. The molecule has 8 nitrogen and oxygen atoms in total. The molecule has 8 heteroatoms. The Hall–Kier alpha value is -3.94. The van der Waals surface area contributed by atoms with Crippen molar-refractivity contribution in [3.05, 3.63) is 76.6 Å². The van der Waals surface area contributed by atoms with Gasteiger partial charge >= 0.3 is 12.1 Å². The maximum absolute atomic E-state index is 11.8. The van der Waals surface area contributed by atoms with E-state index in [0.717, 1.165) is 29.7 Å². The second-order valence-electron chi connectivity index (χ2n) is 11.3. The molecule has 2 aliphatic heterocycles. The summed E-state index contributed by atoms with van der Waals surface area (Å²) in [6, 6.07) is 14.1. The Labute approximate surface area is 241 Å². The summed E-state index contributed by atoms with van der Waals surface area (Å²) in [6.07, 6.45) is 3.66. The lowest BCUT2D eigenvalue weighted by molar-refractivity contribution is -0.137. The number of ether oxygens (including phenoxy) is 4. The zero-order chi connectivity index (χ0) is 29.1. The Kier molecular flexibility index (Phi) is 8.57. The summed E-state index contributed by atoms with van der Waals surface area (Å²) in [7, 11) is 1.42. The SMILES string of the molecule is COC(=O)N1CCC(OC2=CC(C)=C(c3cccc(COc4ccc5c(c4)OCC5CC(=O)O)c3)C(C)C2C)CC1. The fraction of sp³-hybridized carbons (Fsp3) is 0.455. The third-order valence-electron chi connectivity index (χ3n) is 8.54. The minimum Gasteiger partial charge on any atom is -0.494 e. The molecule has 2 heterocycles. The van der Waals surface area contributed by atoms with E-state index >= 15 is 0 Å². The van der Waals surface area contributed by atoms with Gasteiger partial charge in [-0.05, 0) is 53.3 Å². The molecule has 0 saturated carbocycles. The average Bonchev–Trinajstić information content (AvgIpc) is 3.36. The fourth-order valence-electron chi connectivity index (χ4n) is 6.11. The van der Waals surface area contributed by atoms with Gasteiger partial charge < -0.3 is 29.0 Å². The summed E-state index contributed by atoms with van der Waals surface area (Å²) in [5.74, 6) is 1.96. The summed E-state index contributed by atoms with van der Waals surface area (Å²) >= 11 is 0. The van der Waals surface area contributed by atoms with Crippen LogP contribution in [0.4, 0.5) is 4.79 Å². The molecule has 2 aromatic rings. The minimum atomic E-state index is -0.823. The molecule has 0 bridgehead atoms. The van der Waals surface area contributed by atoms with Gasteiger partial charge in [-0.25, -0.2) is 4.79 Å². The standard InChI is InChI=1S/C33H39NO7/c1-20-14-29(41-26-10-12-34(13-11-26)33(37)38-4)21(2)22(3)32(20)24-7-5-6-23(15-24)18-39-27-8-9-28-25(16-31(35)36)19-40-30(28)17-27/h5-9,14-15,17,21-22,25-26H,10-13,16,18-19H2,1-4H3,(H,35,36). The summed E-state index contributed by atoms with van der Waals surface area (Å²) in [5.41, 5.74) is 5.67. The Morgan fingerprint density at radius 2 is 1.85 bits per heavy atom. The molecule has 1 saturated heterocycles. The lowest BCUT2D eigenvalue weighted by atomic mass is 9.77. The van der Waals surface area contributed by atoms with Gasteiger partial charge in [-0.2, -0.15) is 0 Å². The van der Waals surface area contributed by atoms with Crippen molar-refractivity contribution in [1.29, 1.82) is 0 Å². The third kappa shape index (κ3) is 6.37. The van der Waals surface area contributed by atoms with Crippen LogP contribution in [0.15, 0.2) is 59.9 Å². The van der Waals surface area contributed by atoms with Gasteiger partial charge in [0, 0.05) is 49.4 Å². The summed E-state index contributed by atoms with van der Waals surface area (Å²) in [5, 5.41) is 9.13. The number of hydrogen-bond donors (Lipinski definition) is 1. The normalized spacial score (nSPS) is 22.5. The van der Waals surface area contributed by atoms with Crippen molar-refractivity contribution in [2.24, 2.45) is 11.8 Å². The van der Waals surface area contributed by atoms with Crippen LogP contribution >= 0.6 is 0 Å². The quantitative estimate of drug-likeness (QED) is 0.398.